The highest BCUT2D eigenvalue weighted by Gasteiger charge is 2.16. The standard InChI is InChI=1S/C20H21N5O4/c1-13(25-12-21-11-22-25)19(26)23-14-4-6-15(7-5-14)24-20(27)17-10-16(28-2)8-9-18(17)29-3/h4-13H,1-3H3,(H,23,26)(H,24,27)/t13-/m1/s1. The normalized spacial score (nSPS) is 11.4. The second-order valence-corrected chi connectivity index (χ2v) is 6.14. The smallest absolute Gasteiger partial charge is 0.259 e. The van der Waals surface area contributed by atoms with Crippen LogP contribution in [0.25, 0.3) is 0 Å². The van der Waals surface area contributed by atoms with E-state index >= 15 is 0 Å². The molecule has 1 aromatic heterocycles. The SMILES string of the molecule is COc1ccc(OC)c(C(=O)Nc2ccc(NC(=O)[C@@H](C)n3cncn3)cc2)c1. The number of ether oxygens (including phenoxy) is 2. The Balaban J connectivity index is 1.66. The van der Waals surface area contributed by atoms with E-state index in [1.165, 1.54) is 31.6 Å². The Labute approximate surface area is 167 Å². The zero-order valence-corrected chi connectivity index (χ0v) is 16.2. The highest BCUT2D eigenvalue weighted by molar-refractivity contribution is 6.06. The molecule has 2 amide bonds. The van der Waals surface area contributed by atoms with Crippen LogP contribution in [0.4, 0.5) is 11.4 Å². The third-order valence-electron chi connectivity index (χ3n) is 4.27. The Hall–Kier alpha value is -3.88. The molecule has 1 heterocycles. The van der Waals surface area contributed by atoms with E-state index in [9.17, 15) is 9.59 Å². The van der Waals surface area contributed by atoms with Crippen LogP contribution in [0.15, 0.2) is 55.1 Å². The lowest BCUT2D eigenvalue weighted by Crippen LogP contribution is -2.24. The van der Waals surface area contributed by atoms with E-state index in [0.717, 1.165) is 0 Å². The fourth-order valence-corrected chi connectivity index (χ4v) is 2.61. The molecule has 0 bridgehead atoms. The summed E-state index contributed by atoms with van der Waals surface area (Å²) in [4.78, 5) is 28.7. The van der Waals surface area contributed by atoms with Gasteiger partial charge in [0.15, 0.2) is 0 Å². The van der Waals surface area contributed by atoms with Crippen molar-refractivity contribution >= 4 is 23.2 Å². The molecule has 3 aromatic rings. The van der Waals surface area contributed by atoms with Gasteiger partial charge in [-0.15, -0.1) is 0 Å². The Morgan fingerprint density at radius 1 is 1.00 bits per heavy atom. The summed E-state index contributed by atoms with van der Waals surface area (Å²) in [6.07, 6.45) is 2.86. The first kappa shape index (κ1) is 19.9. The molecule has 0 spiro atoms. The van der Waals surface area contributed by atoms with Crippen LogP contribution in [0.1, 0.15) is 23.3 Å². The van der Waals surface area contributed by atoms with Gasteiger partial charge in [-0.2, -0.15) is 5.10 Å². The largest absolute Gasteiger partial charge is 0.497 e. The molecule has 2 aromatic carbocycles. The van der Waals surface area contributed by atoms with E-state index in [4.69, 9.17) is 9.47 Å². The number of hydrogen-bond acceptors (Lipinski definition) is 6. The molecule has 29 heavy (non-hydrogen) atoms. The maximum absolute atomic E-state index is 12.6. The van der Waals surface area contributed by atoms with Crippen molar-refractivity contribution in [3.63, 3.8) is 0 Å². The molecule has 0 fully saturated rings. The van der Waals surface area contributed by atoms with Crippen LogP contribution in [0.3, 0.4) is 0 Å². The number of anilines is 2. The molecule has 0 saturated carbocycles. The zero-order chi connectivity index (χ0) is 20.8. The first-order valence-corrected chi connectivity index (χ1v) is 8.80. The number of amides is 2. The third kappa shape index (κ3) is 4.70. The van der Waals surface area contributed by atoms with Crippen molar-refractivity contribution < 1.29 is 19.1 Å². The van der Waals surface area contributed by atoms with Gasteiger partial charge in [-0.05, 0) is 49.4 Å². The van der Waals surface area contributed by atoms with Crippen molar-refractivity contribution in [3.05, 3.63) is 60.7 Å². The van der Waals surface area contributed by atoms with Crippen molar-refractivity contribution in [2.45, 2.75) is 13.0 Å². The summed E-state index contributed by atoms with van der Waals surface area (Å²) in [5, 5.41) is 9.56. The fourth-order valence-electron chi connectivity index (χ4n) is 2.61. The summed E-state index contributed by atoms with van der Waals surface area (Å²) < 4.78 is 11.9. The molecule has 9 nitrogen and oxygen atoms in total. The molecule has 3 rings (SSSR count). The van der Waals surface area contributed by atoms with Gasteiger partial charge in [-0.3, -0.25) is 9.59 Å². The molecule has 0 saturated heterocycles. The van der Waals surface area contributed by atoms with Crippen LogP contribution in [0.2, 0.25) is 0 Å². The molecule has 0 unspecified atom stereocenters. The van der Waals surface area contributed by atoms with Gasteiger partial charge in [0.05, 0.1) is 19.8 Å². The molecule has 9 heteroatoms. The monoisotopic (exact) mass is 395 g/mol. The zero-order valence-electron chi connectivity index (χ0n) is 16.2. The lowest BCUT2D eigenvalue weighted by Gasteiger charge is -2.13. The number of methoxy groups -OCH3 is 2. The van der Waals surface area contributed by atoms with Gasteiger partial charge in [0.2, 0.25) is 5.91 Å². The summed E-state index contributed by atoms with van der Waals surface area (Å²) in [7, 11) is 3.02. The summed E-state index contributed by atoms with van der Waals surface area (Å²) in [6, 6.07) is 11.3. The highest BCUT2D eigenvalue weighted by atomic mass is 16.5. The minimum atomic E-state index is -0.502. The number of nitrogens with one attached hydrogen (secondary N) is 2. The average Bonchev–Trinajstić information content (AvgIpc) is 3.28. The average molecular weight is 395 g/mol. The summed E-state index contributed by atoms with van der Waals surface area (Å²) in [5.41, 5.74) is 1.52. The van der Waals surface area contributed by atoms with Crippen molar-refractivity contribution in [2.24, 2.45) is 0 Å². The topological polar surface area (TPSA) is 107 Å². The van der Waals surface area contributed by atoms with E-state index in [1.807, 2.05) is 0 Å². The quantitative estimate of drug-likeness (QED) is 0.637. The highest BCUT2D eigenvalue weighted by Crippen LogP contribution is 2.25. The van der Waals surface area contributed by atoms with Crippen LogP contribution in [0.5, 0.6) is 11.5 Å². The Kier molecular flexibility index (Phi) is 6.08. The Bertz CT molecular complexity index is 987. The summed E-state index contributed by atoms with van der Waals surface area (Å²) in [6.45, 7) is 1.72. The number of rotatable bonds is 7. The number of carbonyl (C=O) groups is 2. The molecule has 2 N–H and O–H groups in total. The maximum atomic E-state index is 12.6. The minimum absolute atomic E-state index is 0.228. The minimum Gasteiger partial charge on any atom is -0.497 e. The van der Waals surface area contributed by atoms with Crippen LogP contribution in [-0.4, -0.2) is 40.8 Å². The molecule has 150 valence electrons. The van der Waals surface area contributed by atoms with Gasteiger partial charge in [0.25, 0.3) is 5.91 Å². The van der Waals surface area contributed by atoms with Crippen LogP contribution >= 0.6 is 0 Å². The molecule has 1 atom stereocenters. The van der Waals surface area contributed by atoms with E-state index in [1.54, 1.807) is 49.4 Å². The Morgan fingerprint density at radius 3 is 2.28 bits per heavy atom. The molecule has 0 aliphatic heterocycles. The van der Waals surface area contributed by atoms with Crippen molar-refractivity contribution in [3.8, 4) is 11.5 Å². The van der Waals surface area contributed by atoms with Gasteiger partial charge < -0.3 is 20.1 Å². The van der Waals surface area contributed by atoms with Gasteiger partial charge in [0, 0.05) is 11.4 Å². The number of benzene rings is 2. The van der Waals surface area contributed by atoms with Gasteiger partial charge in [-0.1, -0.05) is 0 Å². The van der Waals surface area contributed by atoms with Crippen LogP contribution < -0.4 is 20.1 Å². The van der Waals surface area contributed by atoms with Crippen molar-refractivity contribution in [1.29, 1.82) is 0 Å². The van der Waals surface area contributed by atoms with Gasteiger partial charge in [-0.25, -0.2) is 9.67 Å². The fraction of sp³-hybridized carbons (Fsp3) is 0.200. The number of nitrogens with zero attached hydrogens (tertiary/aromatic N) is 3. The van der Waals surface area contributed by atoms with E-state index < -0.39 is 6.04 Å². The van der Waals surface area contributed by atoms with E-state index in [0.29, 0.717) is 28.4 Å². The van der Waals surface area contributed by atoms with Gasteiger partial charge in [0.1, 0.15) is 30.2 Å². The van der Waals surface area contributed by atoms with E-state index in [2.05, 4.69) is 20.7 Å². The Morgan fingerprint density at radius 2 is 1.69 bits per heavy atom. The van der Waals surface area contributed by atoms with Crippen molar-refractivity contribution in [1.82, 2.24) is 14.8 Å². The number of carbonyl (C=O) groups excluding carboxylic acids is 2. The lowest BCUT2D eigenvalue weighted by molar-refractivity contribution is -0.119. The molecule has 0 radical (unpaired) electrons. The number of aromatic nitrogens is 3. The predicted octanol–water partition coefficient (Wildman–Crippen LogP) is 2.75. The third-order valence-corrected chi connectivity index (χ3v) is 4.27. The van der Waals surface area contributed by atoms with Gasteiger partial charge >= 0.3 is 0 Å². The first-order valence-electron chi connectivity index (χ1n) is 8.80. The summed E-state index contributed by atoms with van der Waals surface area (Å²) >= 11 is 0. The lowest BCUT2D eigenvalue weighted by atomic mass is 10.1. The maximum Gasteiger partial charge on any atom is 0.259 e. The second-order valence-electron chi connectivity index (χ2n) is 6.14. The first-order chi connectivity index (χ1) is 14.0. The molecular formula is C20H21N5O4. The van der Waals surface area contributed by atoms with Crippen LogP contribution in [0, 0.1) is 0 Å². The summed E-state index contributed by atoms with van der Waals surface area (Å²) in [5.74, 6) is 0.426. The van der Waals surface area contributed by atoms with E-state index in [-0.39, 0.29) is 11.8 Å². The predicted molar refractivity (Wildman–Crippen MR) is 107 cm³/mol. The van der Waals surface area contributed by atoms with Crippen LogP contribution in [-0.2, 0) is 4.79 Å². The molecular weight excluding hydrogens is 374 g/mol. The number of hydrogen-bond donors (Lipinski definition) is 2. The molecule has 0 aliphatic carbocycles. The molecule has 0 aliphatic rings. The van der Waals surface area contributed by atoms with Crippen molar-refractivity contribution in [2.75, 3.05) is 24.9 Å². The second kappa shape index (κ2) is 8.87.